The van der Waals surface area contributed by atoms with E-state index in [0.29, 0.717) is 0 Å². The van der Waals surface area contributed by atoms with Gasteiger partial charge in [0, 0.05) is 30.4 Å². The summed E-state index contributed by atoms with van der Waals surface area (Å²) in [6.45, 7) is 0. The topological polar surface area (TPSA) is 3.24 Å². The van der Waals surface area contributed by atoms with Gasteiger partial charge in [-0.25, -0.2) is 0 Å². The summed E-state index contributed by atoms with van der Waals surface area (Å²) in [7, 11) is 4.18. The maximum absolute atomic E-state index is 2.20. The van der Waals surface area contributed by atoms with Gasteiger partial charge in [0.15, 0.2) is 0 Å². The summed E-state index contributed by atoms with van der Waals surface area (Å²) in [5.41, 5.74) is 2.68. The van der Waals surface area contributed by atoms with E-state index >= 15 is 0 Å². The highest BCUT2D eigenvalue weighted by molar-refractivity contribution is 7.98. The van der Waals surface area contributed by atoms with Crippen molar-refractivity contribution < 1.29 is 0 Å². The smallest absolute Gasteiger partial charge is 0.0402 e. The number of thioether (sulfide) groups is 1. The number of para-hydroxylation sites is 1. The zero-order valence-corrected chi connectivity index (χ0v) is 11.1. The molecule has 0 aliphatic carbocycles. The number of benzene rings is 2. The maximum atomic E-state index is 2.20. The van der Waals surface area contributed by atoms with Crippen molar-refractivity contribution in [1.29, 1.82) is 0 Å². The molecule has 1 nitrogen and oxygen atoms in total. The van der Waals surface area contributed by atoms with Gasteiger partial charge in [-0.15, -0.1) is 11.8 Å². The summed E-state index contributed by atoms with van der Waals surface area (Å²) >= 11 is 1.88. The molecule has 0 aromatic heterocycles. The molecule has 0 heterocycles. The lowest BCUT2D eigenvalue weighted by Gasteiger charge is -2.17. The van der Waals surface area contributed by atoms with E-state index in [0.717, 1.165) is 5.75 Å². The van der Waals surface area contributed by atoms with E-state index in [1.165, 1.54) is 16.1 Å². The van der Waals surface area contributed by atoms with Crippen molar-refractivity contribution in [2.75, 3.05) is 19.0 Å². The lowest BCUT2D eigenvalue weighted by Crippen LogP contribution is -2.10. The fourth-order valence-corrected chi connectivity index (χ4v) is 2.66. The second kappa shape index (κ2) is 5.78. The summed E-state index contributed by atoms with van der Waals surface area (Å²) in [6, 6.07) is 19.1. The highest BCUT2D eigenvalue weighted by atomic mass is 32.2. The van der Waals surface area contributed by atoms with Crippen LogP contribution >= 0.6 is 11.8 Å². The number of hydrogen-bond donors (Lipinski definition) is 0. The Morgan fingerprint density at radius 3 is 2.24 bits per heavy atom. The Balaban J connectivity index is 2.09. The molecule has 0 aliphatic heterocycles. The zero-order chi connectivity index (χ0) is 12.1. The Bertz CT molecular complexity index is 465. The molecule has 0 N–H and O–H groups in total. The molecule has 17 heavy (non-hydrogen) atoms. The van der Waals surface area contributed by atoms with Gasteiger partial charge in [-0.2, -0.15) is 0 Å². The third kappa shape index (κ3) is 3.27. The van der Waals surface area contributed by atoms with E-state index in [9.17, 15) is 0 Å². The molecule has 0 saturated carbocycles. The molecule has 0 aliphatic rings. The number of rotatable bonds is 4. The fraction of sp³-hybridized carbons (Fsp3) is 0.200. The molecule has 2 aromatic carbocycles. The molecule has 0 fully saturated rings. The standard InChI is InChI=1S/C15H17NS/c1-16(2)15-11-7-6-8-13(15)12-17-14-9-4-3-5-10-14/h3-11H,12H2,1-2H3. The molecule has 0 radical (unpaired) electrons. The van der Waals surface area contributed by atoms with Crippen molar-refractivity contribution in [3.63, 3.8) is 0 Å². The van der Waals surface area contributed by atoms with Gasteiger partial charge in [0.1, 0.15) is 0 Å². The van der Waals surface area contributed by atoms with Crippen LogP contribution in [0.5, 0.6) is 0 Å². The fourth-order valence-electron chi connectivity index (χ4n) is 1.75. The van der Waals surface area contributed by atoms with Crippen LogP contribution < -0.4 is 4.90 Å². The molecule has 0 bridgehead atoms. The normalized spacial score (nSPS) is 10.2. The van der Waals surface area contributed by atoms with Crippen molar-refractivity contribution in [2.24, 2.45) is 0 Å². The van der Waals surface area contributed by atoms with Crippen LogP contribution in [0, 0.1) is 0 Å². The molecular formula is C15H17NS. The first-order chi connectivity index (χ1) is 8.27. The number of hydrogen-bond acceptors (Lipinski definition) is 2. The molecule has 2 rings (SSSR count). The summed E-state index contributed by atoms with van der Waals surface area (Å²) in [5.74, 6) is 1.01. The summed E-state index contributed by atoms with van der Waals surface area (Å²) in [5, 5.41) is 0. The van der Waals surface area contributed by atoms with E-state index in [2.05, 4.69) is 73.6 Å². The second-order valence-corrected chi connectivity index (χ2v) is 5.17. The Hall–Kier alpha value is -1.41. The Morgan fingerprint density at radius 1 is 0.882 bits per heavy atom. The summed E-state index contributed by atoms with van der Waals surface area (Å²) in [4.78, 5) is 3.49. The van der Waals surface area contributed by atoms with E-state index in [-0.39, 0.29) is 0 Å². The first-order valence-electron chi connectivity index (χ1n) is 5.70. The minimum Gasteiger partial charge on any atom is -0.377 e. The Morgan fingerprint density at radius 2 is 1.53 bits per heavy atom. The lowest BCUT2D eigenvalue weighted by molar-refractivity contribution is 1.11. The first-order valence-corrected chi connectivity index (χ1v) is 6.69. The van der Waals surface area contributed by atoms with Gasteiger partial charge in [0.05, 0.1) is 0 Å². The Kier molecular flexibility index (Phi) is 4.10. The van der Waals surface area contributed by atoms with Crippen molar-refractivity contribution in [2.45, 2.75) is 10.6 Å². The van der Waals surface area contributed by atoms with Crippen LogP contribution in [0.3, 0.4) is 0 Å². The van der Waals surface area contributed by atoms with E-state index < -0.39 is 0 Å². The number of nitrogens with zero attached hydrogens (tertiary/aromatic N) is 1. The van der Waals surface area contributed by atoms with Crippen LogP contribution in [0.1, 0.15) is 5.56 Å². The van der Waals surface area contributed by atoms with Crippen LogP contribution in [0.4, 0.5) is 5.69 Å². The quantitative estimate of drug-likeness (QED) is 0.745. The predicted octanol–water partition coefficient (Wildman–Crippen LogP) is 4.04. The van der Waals surface area contributed by atoms with Crippen molar-refractivity contribution in [3.8, 4) is 0 Å². The van der Waals surface area contributed by atoms with Gasteiger partial charge in [-0.05, 0) is 23.8 Å². The minimum absolute atomic E-state index is 1.01. The lowest BCUT2D eigenvalue weighted by atomic mass is 10.2. The largest absolute Gasteiger partial charge is 0.377 e. The van der Waals surface area contributed by atoms with Gasteiger partial charge in [0.2, 0.25) is 0 Å². The molecule has 0 atom stereocenters. The number of anilines is 1. The predicted molar refractivity (Wildman–Crippen MR) is 76.8 cm³/mol. The van der Waals surface area contributed by atoms with Crippen molar-refractivity contribution in [1.82, 2.24) is 0 Å². The molecule has 2 aromatic rings. The molecule has 0 spiro atoms. The van der Waals surface area contributed by atoms with E-state index in [1.54, 1.807) is 0 Å². The highest BCUT2D eigenvalue weighted by Gasteiger charge is 2.03. The van der Waals surface area contributed by atoms with E-state index in [1.807, 2.05) is 11.8 Å². The monoisotopic (exact) mass is 243 g/mol. The summed E-state index contributed by atoms with van der Waals surface area (Å²) < 4.78 is 0. The maximum Gasteiger partial charge on any atom is 0.0402 e. The SMILES string of the molecule is CN(C)c1ccccc1CSc1ccccc1. The van der Waals surface area contributed by atoms with Crippen LogP contribution in [0.15, 0.2) is 59.5 Å². The van der Waals surface area contributed by atoms with E-state index in [4.69, 9.17) is 0 Å². The van der Waals surface area contributed by atoms with Crippen LogP contribution in [0.25, 0.3) is 0 Å². The molecule has 0 amide bonds. The molecular weight excluding hydrogens is 226 g/mol. The van der Waals surface area contributed by atoms with Gasteiger partial charge < -0.3 is 4.90 Å². The first kappa shape index (κ1) is 12.1. The van der Waals surface area contributed by atoms with Gasteiger partial charge in [0.25, 0.3) is 0 Å². The third-order valence-electron chi connectivity index (χ3n) is 2.61. The van der Waals surface area contributed by atoms with Crippen LogP contribution in [-0.4, -0.2) is 14.1 Å². The van der Waals surface area contributed by atoms with Gasteiger partial charge >= 0.3 is 0 Å². The molecule has 2 heteroatoms. The molecule has 0 saturated heterocycles. The van der Waals surface area contributed by atoms with Gasteiger partial charge in [-0.1, -0.05) is 36.4 Å². The average molecular weight is 243 g/mol. The van der Waals surface area contributed by atoms with Crippen LogP contribution in [0.2, 0.25) is 0 Å². The molecule has 0 unspecified atom stereocenters. The Labute approximate surface area is 107 Å². The molecule has 88 valence electrons. The highest BCUT2D eigenvalue weighted by Crippen LogP contribution is 2.27. The summed E-state index contributed by atoms with van der Waals surface area (Å²) in [6.07, 6.45) is 0. The minimum atomic E-state index is 1.01. The second-order valence-electron chi connectivity index (χ2n) is 4.12. The average Bonchev–Trinajstić information content (AvgIpc) is 2.38. The van der Waals surface area contributed by atoms with Crippen LogP contribution in [-0.2, 0) is 5.75 Å². The van der Waals surface area contributed by atoms with Gasteiger partial charge in [-0.3, -0.25) is 0 Å². The van der Waals surface area contributed by atoms with Crippen molar-refractivity contribution in [3.05, 3.63) is 60.2 Å². The van der Waals surface area contributed by atoms with Crippen molar-refractivity contribution >= 4 is 17.4 Å². The third-order valence-corrected chi connectivity index (χ3v) is 3.67. The zero-order valence-electron chi connectivity index (χ0n) is 10.3.